The number of ketones is 2. The van der Waals surface area contributed by atoms with Crippen LogP contribution >= 0.6 is 0 Å². The van der Waals surface area contributed by atoms with Crippen LogP contribution in [0.25, 0.3) is 0 Å². The van der Waals surface area contributed by atoms with E-state index in [9.17, 15) is 9.59 Å². The van der Waals surface area contributed by atoms with Gasteiger partial charge in [0.2, 0.25) is 0 Å². The molecule has 1 rings (SSSR count). The molecule has 0 aromatic rings. The van der Waals surface area contributed by atoms with Gasteiger partial charge in [-0.25, -0.2) is 0 Å². The third-order valence-corrected chi connectivity index (χ3v) is 3.81. The number of hydrogen-bond acceptors (Lipinski definition) is 2. The van der Waals surface area contributed by atoms with Gasteiger partial charge in [-0.05, 0) is 25.2 Å². The van der Waals surface area contributed by atoms with E-state index in [2.05, 4.69) is 0 Å². The summed E-state index contributed by atoms with van der Waals surface area (Å²) in [6, 6.07) is 0. The van der Waals surface area contributed by atoms with E-state index in [4.69, 9.17) is 0 Å². The molecule has 0 N–H and O–H groups in total. The van der Waals surface area contributed by atoms with E-state index in [1.54, 1.807) is 0 Å². The minimum Gasteiger partial charge on any atom is -0.300 e. The highest BCUT2D eigenvalue weighted by Crippen LogP contribution is 2.33. The molecule has 92 valence electrons. The maximum Gasteiger partial charge on any atom is 0.135 e. The fourth-order valence-electron chi connectivity index (χ4n) is 2.68. The Labute approximate surface area is 98.8 Å². The summed E-state index contributed by atoms with van der Waals surface area (Å²) in [5, 5.41) is 0. The highest BCUT2D eigenvalue weighted by molar-refractivity contribution is 5.80. The number of carbonyl (C=O) groups excluding carboxylic acids is 2. The molecular weight excluding hydrogens is 200 g/mol. The van der Waals surface area contributed by atoms with Crippen LogP contribution in [0.2, 0.25) is 0 Å². The van der Waals surface area contributed by atoms with Gasteiger partial charge in [0.05, 0.1) is 0 Å². The second-order valence-electron chi connectivity index (χ2n) is 4.98. The highest BCUT2D eigenvalue weighted by Gasteiger charge is 2.26. The lowest BCUT2D eigenvalue weighted by molar-refractivity contribution is -0.124. The highest BCUT2D eigenvalue weighted by atomic mass is 16.1. The molecule has 0 amide bonds. The lowest BCUT2D eigenvalue weighted by Crippen LogP contribution is -2.22. The first-order chi connectivity index (χ1) is 7.67. The lowest BCUT2D eigenvalue weighted by atomic mass is 9.77. The quantitative estimate of drug-likeness (QED) is 0.691. The second kappa shape index (κ2) is 6.82. The van der Waals surface area contributed by atoms with E-state index >= 15 is 0 Å². The summed E-state index contributed by atoms with van der Waals surface area (Å²) in [5.74, 6) is 1.70. The zero-order valence-electron chi connectivity index (χ0n) is 10.6. The molecule has 0 saturated heterocycles. The van der Waals surface area contributed by atoms with Gasteiger partial charge >= 0.3 is 0 Å². The van der Waals surface area contributed by atoms with E-state index in [0.29, 0.717) is 42.7 Å². The van der Waals surface area contributed by atoms with Crippen molar-refractivity contribution >= 4 is 11.6 Å². The minimum absolute atomic E-state index is 0.292. The Morgan fingerprint density at radius 2 is 1.88 bits per heavy atom. The van der Waals surface area contributed by atoms with Crippen molar-refractivity contribution in [2.45, 2.75) is 65.2 Å². The van der Waals surface area contributed by atoms with Crippen LogP contribution in [0.5, 0.6) is 0 Å². The topological polar surface area (TPSA) is 34.1 Å². The van der Waals surface area contributed by atoms with Gasteiger partial charge in [-0.15, -0.1) is 0 Å². The normalized spacial score (nSPS) is 25.4. The van der Waals surface area contributed by atoms with Crippen molar-refractivity contribution in [1.82, 2.24) is 0 Å². The van der Waals surface area contributed by atoms with Crippen LogP contribution in [0.1, 0.15) is 65.2 Å². The summed E-state index contributed by atoms with van der Waals surface area (Å²) in [4.78, 5) is 22.9. The first kappa shape index (κ1) is 13.4. The van der Waals surface area contributed by atoms with Crippen molar-refractivity contribution in [3.05, 3.63) is 0 Å². The van der Waals surface area contributed by atoms with Crippen LogP contribution in [0.4, 0.5) is 0 Å². The Morgan fingerprint density at radius 3 is 2.50 bits per heavy atom. The van der Waals surface area contributed by atoms with Crippen LogP contribution in [0.15, 0.2) is 0 Å². The fourth-order valence-corrected chi connectivity index (χ4v) is 2.68. The second-order valence-corrected chi connectivity index (χ2v) is 4.98. The van der Waals surface area contributed by atoms with Gasteiger partial charge in [0, 0.05) is 25.2 Å². The molecular formula is C14H24O2. The smallest absolute Gasteiger partial charge is 0.135 e. The number of carbonyl (C=O) groups is 2. The first-order valence-electron chi connectivity index (χ1n) is 6.71. The Bertz CT molecular complexity index is 245. The van der Waals surface area contributed by atoms with Crippen LogP contribution in [-0.2, 0) is 9.59 Å². The van der Waals surface area contributed by atoms with Gasteiger partial charge in [0.25, 0.3) is 0 Å². The SMILES string of the molecule is CCC(=O)CCC1CCCC(C(=O)CC)C1. The summed E-state index contributed by atoms with van der Waals surface area (Å²) >= 11 is 0. The molecule has 16 heavy (non-hydrogen) atoms. The summed E-state index contributed by atoms with van der Waals surface area (Å²) in [5.41, 5.74) is 0. The number of rotatable bonds is 6. The molecule has 0 aliphatic heterocycles. The zero-order chi connectivity index (χ0) is 12.0. The van der Waals surface area contributed by atoms with E-state index in [1.807, 2.05) is 13.8 Å². The average Bonchev–Trinajstić information content (AvgIpc) is 2.35. The lowest BCUT2D eigenvalue weighted by Gasteiger charge is -2.27. The van der Waals surface area contributed by atoms with Gasteiger partial charge in [0.1, 0.15) is 11.6 Å². The van der Waals surface area contributed by atoms with Crippen molar-refractivity contribution in [2.24, 2.45) is 11.8 Å². The van der Waals surface area contributed by atoms with Gasteiger partial charge in [-0.2, -0.15) is 0 Å². The Balaban J connectivity index is 2.33. The minimum atomic E-state index is 0.292. The van der Waals surface area contributed by atoms with E-state index in [0.717, 1.165) is 19.3 Å². The van der Waals surface area contributed by atoms with Crippen molar-refractivity contribution in [3.63, 3.8) is 0 Å². The van der Waals surface area contributed by atoms with E-state index < -0.39 is 0 Å². The Hall–Kier alpha value is -0.660. The predicted octanol–water partition coefficient (Wildman–Crippen LogP) is 3.53. The van der Waals surface area contributed by atoms with Crippen LogP contribution < -0.4 is 0 Å². The zero-order valence-corrected chi connectivity index (χ0v) is 10.6. The summed E-state index contributed by atoms with van der Waals surface area (Å²) in [6.45, 7) is 3.87. The molecule has 0 aromatic carbocycles. The third kappa shape index (κ3) is 4.07. The molecule has 0 spiro atoms. The van der Waals surface area contributed by atoms with Gasteiger partial charge in [-0.1, -0.05) is 26.7 Å². The van der Waals surface area contributed by atoms with Crippen molar-refractivity contribution in [3.8, 4) is 0 Å². The van der Waals surface area contributed by atoms with Crippen molar-refractivity contribution in [2.75, 3.05) is 0 Å². The summed E-state index contributed by atoms with van der Waals surface area (Å²) in [6.07, 6.45) is 7.53. The molecule has 2 heteroatoms. The molecule has 0 radical (unpaired) electrons. The molecule has 1 fully saturated rings. The molecule has 1 aliphatic rings. The molecule has 2 unspecified atom stereocenters. The average molecular weight is 224 g/mol. The molecule has 2 nitrogen and oxygen atoms in total. The third-order valence-electron chi connectivity index (χ3n) is 3.81. The summed E-state index contributed by atoms with van der Waals surface area (Å²) < 4.78 is 0. The predicted molar refractivity (Wildman–Crippen MR) is 65.3 cm³/mol. The Morgan fingerprint density at radius 1 is 1.12 bits per heavy atom. The molecule has 0 heterocycles. The summed E-state index contributed by atoms with van der Waals surface area (Å²) in [7, 11) is 0. The molecule has 0 bridgehead atoms. The molecule has 1 saturated carbocycles. The number of hydrogen-bond donors (Lipinski definition) is 0. The van der Waals surface area contributed by atoms with Gasteiger partial charge in [-0.3, -0.25) is 9.59 Å². The molecule has 0 aromatic heterocycles. The van der Waals surface area contributed by atoms with Gasteiger partial charge < -0.3 is 0 Å². The van der Waals surface area contributed by atoms with Crippen LogP contribution in [0, 0.1) is 11.8 Å². The maximum atomic E-state index is 11.6. The standard InChI is InChI=1S/C14H24O2/c1-3-13(15)9-8-11-6-5-7-12(10-11)14(16)4-2/h11-12H,3-10H2,1-2H3. The van der Waals surface area contributed by atoms with Gasteiger partial charge in [0.15, 0.2) is 0 Å². The van der Waals surface area contributed by atoms with Crippen molar-refractivity contribution in [1.29, 1.82) is 0 Å². The monoisotopic (exact) mass is 224 g/mol. The van der Waals surface area contributed by atoms with E-state index in [-0.39, 0.29) is 0 Å². The largest absolute Gasteiger partial charge is 0.300 e. The van der Waals surface area contributed by atoms with Crippen molar-refractivity contribution < 1.29 is 9.59 Å². The fraction of sp³-hybridized carbons (Fsp3) is 0.857. The maximum absolute atomic E-state index is 11.6. The van der Waals surface area contributed by atoms with Crippen LogP contribution in [-0.4, -0.2) is 11.6 Å². The first-order valence-corrected chi connectivity index (χ1v) is 6.71. The number of Topliss-reactive ketones (excluding diaryl/α,β-unsaturated/α-hetero) is 2. The molecule has 2 atom stereocenters. The van der Waals surface area contributed by atoms with E-state index in [1.165, 1.54) is 12.8 Å². The molecule has 1 aliphatic carbocycles. The van der Waals surface area contributed by atoms with Crippen LogP contribution in [0.3, 0.4) is 0 Å². The Kier molecular flexibility index (Phi) is 5.72.